The third-order valence-electron chi connectivity index (χ3n) is 4.41. The van der Waals surface area contributed by atoms with Crippen molar-refractivity contribution in [2.75, 3.05) is 14.1 Å². The van der Waals surface area contributed by atoms with Crippen LogP contribution in [0.2, 0.25) is 0 Å². The van der Waals surface area contributed by atoms with Crippen molar-refractivity contribution in [1.82, 2.24) is 4.90 Å². The second kappa shape index (κ2) is 6.23. The van der Waals surface area contributed by atoms with Crippen LogP contribution in [0.1, 0.15) is 31.4 Å². The molecule has 0 heterocycles. The molecule has 2 aromatic carbocycles. The molecule has 0 aliphatic rings. The van der Waals surface area contributed by atoms with Gasteiger partial charge in [0.25, 0.3) is 0 Å². The molecule has 2 aromatic rings. The van der Waals surface area contributed by atoms with Crippen molar-refractivity contribution in [2.24, 2.45) is 0 Å². The van der Waals surface area contributed by atoms with Crippen LogP contribution in [-0.2, 0) is 5.41 Å². The van der Waals surface area contributed by atoms with Crippen LogP contribution in [0.15, 0.2) is 60.7 Å². The van der Waals surface area contributed by atoms with Crippen molar-refractivity contribution in [3.05, 3.63) is 71.8 Å². The lowest BCUT2D eigenvalue weighted by molar-refractivity contribution is 0.263. The molecule has 2 rings (SSSR count). The van der Waals surface area contributed by atoms with Gasteiger partial charge in [-0.15, -0.1) is 0 Å². The van der Waals surface area contributed by atoms with Crippen LogP contribution >= 0.6 is 0 Å². The summed E-state index contributed by atoms with van der Waals surface area (Å²) in [6.45, 7) is 4.65. The molecular formula is C19H25N. The highest BCUT2D eigenvalue weighted by molar-refractivity contribution is 5.38. The summed E-state index contributed by atoms with van der Waals surface area (Å²) in [6, 6.07) is 22.2. The molecular weight excluding hydrogens is 242 g/mol. The first-order valence-corrected chi connectivity index (χ1v) is 7.31. The highest BCUT2D eigenvalue weighted by Gasteiger charge is 2.31. The molecule has 20 heavy (non-hydrogen) atoms. The van der Waals surface area contributed by atoms with Crippen LogP contribution < -0.4 is 0 Å². The van der Waals surface area contributed by atoms with Gasteiger partial charge in [0.2, 0.25) is 0 Å². The molecule has 0 fully saturated rings. The van der Waals surface area contributed by atoms with Crippen molar-refractivity contribution in [3.63, 3.8) is 0 Å². The first-order valence-electron chi connectivity index (χ1n) is 7.31. The van der Waals surface area contributed by atoms with E-state index in [1.165, 1.54) is 11.1 Å². The Kier molecular flexibility index (Phi) is 4.61. The minimum absolute atomic E-state index is 0.0478. The normalized spacial score (nSPS) is 13.4. The molecule has 1 heteroatoms. The van der Waals surface area contributed by atoms with Crippen LogP contribution in [0, 0.1) is 0 Å². The average molecular weight is 267 g/mol. The van der Waals surface area contributed by atoms with Crippen LogP contribution in [0.4, 0.5) is 0 Å². The molecule has 1 nitrogen and oxygen atoms in total. The zero-order valence-corrected chi connectivity index (χ0v) is 13.0. The molecule has 0 aromatic heterocycles. The fraction of sp³-hybridized carbons (Fsp3) is 0.368. The van der Waals surface area contributed by atoms with E-state index in [-0.39, 0.29) is 5.41 Å². The lowest BCUT2D eigenvalue weighted by Crippen LogP contribution is -2.35. The molecule has 0 spiro atoms. The van der Waals surface area contributed by atoms with Gasteiger partial charge in [-0.2, -0.15) is 0 Å². The van der Waals surface area contributed by atoms with Gasteiger partial charge in [-0.25, -0.2) is 0 Å². The summed E-state index contributed by atoms with van der Waals surface area (Å²) in [5.41, 5.74) is 2.83. The minimum Gasteiger partial charge on any atom is -0.307 e. The first-order chi connectivity index (χ1) is 9.54. The van der Waals surface area contributed by atoms with Crippen LogP contribution in [0.5, 0.6) is 0 Å². The zero-order valence-electron chi connectivity index (χ0n) is 13.0. The zero-order chi connectivity index (χ0) is 14.6. The molecule has 0 saturated heterocycles. The molecule has 0 aliphatic carbocycles. The van der Waals surface area contributed by atoms with Crippen molar-refractivity contribution >= 4 is 0 Å². The predicted molar refractivity (Wildman–Crippen MR) is 87.1 cm³/mol. The maximum atomic E-state index is 2.36. The molecule has 106 valence electrons. The summed E-state index contributed by atoms with van der Waals surface area (Å²) in [4.78, 5) is 2.30. The maximum absolute atomic E-state index is 2.36. The number of rotatable bonds is 5. The Bertz CT molecular complexity index is 476. The fourth-order valence-electron chi connectivity index (χ4n) is 2.79. The highest BCUT2D eigenvalue weighted by atomic mass is 15.1. The number of hydrogen-bond acceptors (Lipinski definition) is 1. The Morgan fingerprint density at radius 2 is 1.25 bits per heavy atom. The third-order valence-corrected chi connectivity index (χ3v) is 4.41. The van der Waals surface area contributed by atoms with Crippen LogP contribution in [0.25, 0.3) is 0 Å². The van der Waals surface area contributed by atoms with Crippen LogP contribution in [-0.4, -0.2) is 25.0 Å². The summed E-state index contributed by atoms with van der Waals surface area (Å²) in [6.07, 6.45) is 1.11. The quantitative estimate of drug-likeness (QED) is 0.779. The van der Waals surface area contributed by atoms with E-state index in [1.54, 1.807) is 0 Å². The Labute approximate surface area is 123 Å². The minimum atomic E-state index is 0.0478. The second-order valence-electron chi connectivity index (χ2n) is 6.08. The van der Waals surface area contributed by atoms with Crippen molar-refractivity contribution in [3.8, 4) is 0 Å². The van der Waals surface area contributed by atoms with E-state index in [0.717, 1.165) is 6.42 Å². The lowest BCUT2D eigenvalue weighted by Gasteiger charge is -2.35. The van der Waals surface area contributed by atoms with Crippen molar-refractivity contribution in [1.29, 1.82) is 0 Å². The van der Waals surface area contributed by atoms with Gasteiger partial charge in [0, 0.05) is 11.5 Å². The highest BCUT2D eigenvalue weighted by Crippen LogP contribution is 2.36. The van der Waals surface area contributed by atoms with Crippen molar-refractivity contribution in [2.45, 2.75) is 31.7 Å². The molecule has 0 saturated carbocycles. The van der Waals surface area contributed by atoms with E-state index >= 15 is 0 Å². The molecule has 1 atom stereocenters. The van der Waals surface area contributed by atoms with Crippen LogP contribution in [0.3, 0.4) is 0 Å². The summed E-state index contributed by atoms with van der Waals surface area (Å²) < 4.78 is 0. The number of hydrogen-bond donors (Lipinski definition) is 0. The summed E-state index contributed by atoms with van der Waals surface area (Å²) in [5, 5.41) is 0. The first kappa shape index (κ1) is 14.8. The Balaban J connectivity index is 2.44. The number of nitrogens with zero attached hydrogens (tertiary/aromatic N) is 1. The Morgan fingerprint density at radius 3 is 1.60 bits per heavy atom. The molecule has 0 radical (unpaired) electrons. The molecule has 1 unspecified atom stereocenters. The van der Waals surface area contributed by atoms with E-state index in [2.05, 4.69) is 93.5 Å². The van der Waals surface area contributed by atoms with Gasteiger partial charge in [0.15, 0.2) is 0 Å². The molecule has 0 N–H and O–H groups in total. The maximum Gasteiger partial charge on any atom is 0.0189 e. The SMILES string of the molecule is CC(CC(C)(c1ccccc1)c1ccccc1)N(C)C. The Morgan fingerprint density at radius 1 is 0.850 bits per heavy atom. The predicted octanol–water partition coefficient (Wildman–Crippen LogP) is 4.33. The monoisotopic (exact) mass is 267 g/mol. The largest absolute Gasteiger partial charge is 0.307 e. The van der Waals surface area contributed by atoms with Gasteiger partial charge in [-0.3, -0.25) is 0 Å². The van der Waals surface area contributed by atoms with Crippen molar-refractivity contribution < 1.29 is 0 Å². The molecule has 0 aliphatic heterocycles. The van der Waals surface area contributed by atoms with Gasteiger partial charge < -0.3 is 4.90 Å². The number of benzene rings is 2. The third kappa shape index (κ3) is 3.10. The smallest absolute Gasteiger partial charge is 0.0189 e. The average Bonchev–Trinajstić information content (AvgIpc) is 2.48. The fourth-order valence-corrected chi connectivity index (χ4v) is 2.79. The standard InChI is InChI=1S/C19H25N/c1-16(20(3)4)15-19(2,17-11-7-5-8-12-17)18-13-9-6-10-14-18/h5-14,16H,15H2,1-4H3. The Hall–Kier alpha value is -1.60. The molecule has 0 bridgehead atoms. The van der Waals surface area contributed by atoms with Gasteiger partial charge in [-0.1, -0.05) is 67.6 Å². The van der Waals surface area contributed by atoms with E-state index in [4.69, 9.17) is 0 Å². The topological polar surface area (TPSA) is 3.24 Å². The van der Waals surface area contributed by atoms with E-state index in [1.807, 2.05) is 0 Å². The van der Waals surface area contributed by atoms with E-state index in [0.29, 0.717) is 6.04 Å². The summed E-state index contributed by atoms with van der Waals surface area (Å²) in [7, 11) is 4.31. The summed E-state index contributed by atoms with van der Waals surface area (Å²) >= 11 is 0. The van der Waals surface area contributed by atoms with E-state index in [9.17, 15) is 0 Å². The molecule has 0 amide bonds. The van der Waals surface area contributed by atoms with Gasteiger partial charge in [-0.05, 0) is 38.6 Å². The second-order valence-corrected chi connectivity index (χ2v) is 6.08. The van der Waals surface area contributed by atoms with Gasteiger partial charge in [0.1, 0.15) is 0 Å². The summed E-state index contributed by atoms with van der Waals surface area (Å²) in [5.74, 6) is 0. The van der Waals surface area contributed by atoms with E-state index < -0.39 is 0 Å². The van der Waals surface area contributed by atoms with Gasteiger partial charge in [0.05, 0.1) is 0 Å². The lowest BCUT2D eigenvalue weighted by atomic mass is 9.72. The van der Waals surface area contributed by atoms with Gasteiger partial charge >= 0.3 is 0 Å².